The van der Waals surface area contributed by atoms with E-state index < -0.39 is 12.1 Å². The van der Waals surface area contributed by atoms with Gasteiger partial charge in [-0.15, -0.1) is 21.4 Å². The number of alkyl halides is 1. The number of nitroso groups, excluding NO2 is 2. The van der Waals surface area contributed by atoms with E-state index in [9.17, 15) is 19.4 Å². The molecule has 0 N–H and O–H groups in total. The monoisotopic (exact) mass is 374 g/mol. The Hall–Kier alpha value is -2.10. The van der Waals surface area contributed by atoms with E-state index in [1.54, 1.807) is 11.9 Å². The van der Waals surface area contributed by atoms with E-state index >= 15 is 0 Å². The van der Waals surface area contributed by atoms with Crippen LogP contribution in [0.15, 0.2) is 15.6 Å². The van der Waals surface area contributed by atoms with Gasteiger partial charge in [0.15, 0.2) is 0 Å². The van der Waals surface area contributed by atoms with Crippen LogP contribution in [0, 0.1) is 9.81 Å². The summed E-state index contributed by atoms with van der Waals surface area (Å²) in [5.74, 6) is 0.0534. The number of hydrogen-bond acceptors (Lipinski definition) is 6. The summed E-state index contributed by atoms with van der Waals surface area (Å²) < 4.78 is 0. The average molecular weight is 375 g/mol. The van der Waals surface area contributed by atoms with Gasteiger partial charge in [-0.2, -0.15) is 10.0 Å². The summed E-state index contributed by atoms with van der Waals surface area (Å²) >= 11 is 5.43. The van der Waals surface area contributed by atoms with Crippen molar-refractivity contribution in [3.63, 3.8) is 0 Å². The zero-order valence-corrected chi connectivity index (χ0v) is 15.0. The molecule has 1 aliphatic carbocycles. The molecule has 0 bridgehead atoms. The third-order valence-electron chi connectivity index (χ3n) is 4.03. The van der Waals surface area contributed by atoms with E-state index in [0.717, 1.165) is 37.1 Å². The number of carbonyl (C=O) groups excluding carboxylic acids is 2. The van der Waals surface area contributed by atoms with Crippen LogP contribution in [0.2, 0.25) is 0 Å². The summed E-state index contributed by atoms with van der Waals surface area (Å²) in [7, 11) is 1.66. The van der Waals surface area contributed by atoms with Gasteiger partial charge in [-0.25, -0.2) is 14.6 Å². The number of rotatable bonds is 8. The van der Waals surface area contributed by atoms with Crippen molar-refractivity contribution >= 4 is 29.9 Å². The predicted molar refractivity (Wildman–Crippen MR) is 94.3 cm³/mol. The second kappa shape index (κ2) is 11.5. The fourth-order valence-corrected chi connectivity index (χ4v) is 2.78. The molecule has 1 saturated carbocycles. The maximum Gasteiger partial charge on any atom is 0.366 e. The molecule has 4 amide bonds. The van der Waals surface area contributed by atoms with Crippen LogP contribution in [-0.2, 0) is 0 Å². The summed E-state index contributed by atoms with van der Waals surface area (Å²) in [6, 6.07) is -1.21. The van der Waals surface area contributed by atoms with Crippen molar-refractivity contribution in [2.45, 2.75) is 44.6 Å². The Labute approximate surface area is 151 Å². The van der Waals surface area contributed by atoms with Crippen LogP contribution < -0.4 is 0 Å². The van der Waals surface area contributed by atoms with Gasteiger partial charge in [0.1, 0.15) is 0 Å². The van der Waals surface area contributed by atoms with Crippen LogP contribution in [0.4, 0.5) is 9.59 Å². The van der Waals surface area contributed by atoms with Crippen molar-refractivity contribution in [3.8, 4) is 0 Å². The lowest BCUT2D eigenvalue weighted by Crippen LogP contribution is -2.45. The lowest BCUT2D eigenvalue weighted by Gasteiger charge is -2.32. The fraction of sp³-hybridized carbons (Fsp3) is 0.786. The molecule has 0 unspecified atom stereocenters. The minimum atomic E-state index is -0.855. The first kappa shape index (κ1) is 20.9. The maximum absolute atomic E-state index is 12.3. The van der Waals surface area contributed by atoms with Crippen molar-refractivity contribution in [1.29, 1.82) is 0 Å². The Morgan fingerprint density at radius 3 is 2.28 bits per heavy atom. The largest absolute Gasteiger partial charge is 0.366 e. The smallest absolute Gasteiger partial charge is 0.323 e. The van der Waals surface area contributed by atoms with Gasteiger partial charge in [0, 0.05) is 31.6 Å². The highest BCUT2D eigenvalue weighted by molar-refractivity contribution is 6.18. The third kappa shape index (κ3) is 6.73. The van der Waals surface area contributed by atoms with Crippen LogP contribution in [0.3, 0.4) is 0 Å². The number of urea groups is 2. The molecule has 140 valence electrons. The number of nitrogens with zero attached hydrogens (tertiary/aromatic N) is 6. The third-order valence-corrected chi connectivity index (χ3v) is 4.20. The number of aliphatic imine (C=N–C) groups is 1. The van der Waals surface area contributed by atoms with Crippen LogP contribution in [0.25, 0.3) is 0 Å². The molecule has 1 rings (SSSR count). The molecule has 0 aromatic carbocycles. The summed E-state index contributed by atoms with van der Waals surface area (Å²) in [6.45, 7) is -0.0614. The molecule has 11 heteroatoms. The average Bonchev–Trinajstić information content (AvgIpc) is 2.65. The highest BCUT2D eigenvalue weighted by atomic mass is 35.5. The van der Waals surface area contributed by atoms with E-state index in [4.69, 9.17) is 11.6 Å². The SMILES string of the molecule is CN(C(=O)N(CC/C=N/C(=O)N(CCCl)N=O)N=O)C1CCCCC1. The molecule has 25 heavy (non-hydrogen) atoms. The maximum atomic E-state index is 12.3. The first-order chi connectivity index (χ1) is 12.0. The van der Waals surface area contributed by atoms with E-state index in [1.165, 1.54) is 6.21 Å². The first-order valence-electron chi connectivity index (χ1n) is 8.16. The molecule has 1 fully saturated rings. The first-order valence-corrected chi connectivity index (χ1v) is 8.69. The lowest BCUT2D eigenvalue weighted by molar-refractivity contribution is 0.136. The number of amides is 4. The number of halogens is 1. The Morgan fingerprint density at radius 1 is 1.08 bits per heavy atom. The summed E-state index contributed by atoms with van der Waals surface area (Å²) in [5, 5.41) is 6.65. The Balaban J connectivity index is 2.48. The highest BCUT2D eigenvalue weighted by Crippen LogP contribution is 2.22. The highest BCUT2D eigenvalue weighted by Gasteiger charge is 2.26. The zero-order chi connectivity index (χ0) is 18.7. The second-order valence-corrected chi connectivity index (χ2v) is 6.04. The van der Waals surface area contributed by atoms with E-state index in [-0.39, 0.29) is 31.4 Å². The molecular formula is C14H23ClN6O4. The van der Waals surface area contributed by atoms with Crippen molar-refractivity contribution in [2.24, 2.45) is 15.6 Å². The molecular weight excluding hydrogens is 352 g/mol. The standard InChI is InChI=1S/C14H23ClN6O4/c1-19(12-6-3-2-4-7-12)14(23)21(18-25)10-5-9-16-13(22)20(17-24)11-8-15/h9,12H,2-8,10-11H2,1H3/b16-9+. The molecule has 0 atom stereocenters. The normalized spacial score (nSPS) is 15.0. The summed E-state index contributed by atoms with van der Waals surface area (Å²) in [5.41, 5.74) is 0. The fourth-order valence-electron chi connectivity index (χ4n) is 2.62. The zero-order valence-electron chi connectivity index (χ0n) is 14.2. The minimum absolute atomic E-state index is 0.0137. The number of hydrogen-bond donors (Lipinski definition) is 0. The molecule has 0 radical (unpaired) electrons. The van der Waals surface area contributed by atoms with Gasteiger partial charge < -0.3 is 4.90 Å². The van der Waals surface area contributed by atoms with Crippen LogP contribution in [0.1, 0.15) is 38.5 Å². The van der Waals surface area contributed by atoms with Crippen molar-refractivity contribution in [3.05, 3.63) is 9.81 Å². The summed E-state index contributed by atoms with van der Waals surface area (Å²) in [4.78, 5) is 50.3. The molecule has 10 nitrogen and oxygen atoms in total. The van der Waals surface area contributed by atoms with Gasteiger partial charge in [0.05, 0.1) is 23.7 Å². The molecule has 0 heterocycles. The lowest BCUT2D eigenvalue weighted by atomic mass is 9.95. The van der Waals surface area contributed by atoms with E-state index in [2.05, 4.69) is 15.6 Å². The van der Waals surface area contributed by atoms with Gasteiger partial charge in [0.2, 0.25) is 0 Å². The summed E-state index contributed by atoms with van der Waals surface area (Å²) in [6.07, 6.45) is 6.47. The molecule has 0 aromatic rings. The molecule has 1 aliphatic rings. The van der Waals surface area contributed by atoms with Crippen LogP contribution >= 0.6 is 11.6 Å². The predicted octanol–water partition coefficient (Wildman–Crippen LogP) is 3.16. The Kier molecular flexibility index (Phi) is 9.60. The van der Waals surface area contributed by atoms with Crippen LogP contribution in [-0.4, -0.2) is 65.3 Å². The topological polar surface area (TPSA) is 115 Å². The van der Waals surface area contributed by atoms with Crippen molar-refractivity contribution < 1.29 is 9.59 Å². The van der Waals surface area contributed by atoms with Gasteiger partial charge in [-0.05, 0) is 12.8 Å². The quantitative estimate of drug-likeness (QED) is 0.281. The second-order valence-electron chi connectivity index (χ2n) is 5.67. The van der Waals surface area contributed by atoms with Gasteiger partial charge >= 0.3 is 12.1 Å². The Bertz CT molecular complexity index is 498. The molecule has 0 aliphatic heterocycles. The molecule has 0 saturated heterocycles. The van der Waals surface area contributed by atoms with Crippen LogP contribution in [0.5, 0.6) is 0 Å². The number of carbonyl (C=O) groups is 2. The Morgan fingerprint density at radius 2 is 1.72 bits per heavy atom. The van der Waals surface area contributed by atoms with E-state index in [1.807, 2.05) is 0 Å². The minimum Gasteiger partial charge on any atom is -0.323 e. The van der Waals surface area contributed by atoms with E-state index in [0.29, 0.717) is 5.01 Å². The van der Waals surface area contributed by atoms with Gasteiger partial charge in [0.25, 0.3) is 0 Å². The van der Waals surface area contributed by atoms with Crippen molar-refractivity contribution in [1.82, 2.24) is 14.9 Å². The molecule has 0 spiro atoms. The van der Waals surface area contributed by atoms with Gasteiger partial charge in [-0.3, -0.25) is 0 Å². The van der Waals surface area contributed by atoms with Gasteiger partial charge in [-0.1, -0.05) is 19.3 Å². The van der Waals surface area contributed by atoms with Crippen molar-refractivity contribution in [2.75, 3.05) is 26.0 Å². The molecule has 0 aromatic heterocycles.